The number of alkyl halides is 3. The topological polar surface area (TPSA) is 103 Å². The van der Waals surface area contributed by atoms with Crippen LogP contribution in [0.1, 0.15) is 19.7 Å². The summed E-state index contributed by atoms with van der Waals surface area (Å²) >= 11 is 0.780. The van der Waals surface area contributed by atoms with Gasteiger partial charge in [-0.3, -0.25) is 10.1 Å². The van der Waals surface area contributed by atoms with Crippen LogP contribution in [0, 0.1) is 5.92 Å². The molecule has 0 radical (unpaired) electrons. The lowest BCUT2D eigenvalue weighted by molar-refractivity contribution is -0.147. The Balaban J connectivity index is 2.98. The minimum absolute atomic E-state index is 0.0827. The van der Waals surface area contributed by atoms with Crippen molar-refractivity contribution in [2.75, 3.05) is 0 Å². The van der Waals surface area contributed by atoms with Gasteiger partial charge in [-0.25, -0.2) is 4.79 Å². The number of aromatic nitrogens is 3. The van der Waals surface area contributed by atoms with Crippen LogP contribution < -0.4 is 11.1 Å². The van der Waals surface area contributed by atoms with Crippen molar-refractivity contribution >= 4 is 23.7 Å². The van der Waals surface area contributed by atoms with E-state index < -0.39 is 29.2 Å². The fourth-order valence-electron chi connectivity index (χ4n) is 1.46. The Kier molecular flexibility index (Phi) is 5.20. The minimum Gasteiger partial charge on any atom is -0.351 e. The summed E-state index contributed by atoms with van der Waals surface area (Å²) in [6, 6.07) is -1.03. The zero-order valence-corrected chi connectivity index (χ0v) is 12.2. The van der Waals surface area contributed by atoms with Crippen LogP contribution >= 0.6 is 11.8 Å². The van der Waals surface area contributed by atoms with Crippen molar-refractivity contribution in [3.8, 4) is 0 Å². The van der Waals surface area contributed by atoms with Gasteiger partial charge in [0.05, 0.1) is 5.25 Å². The minimum atomic E-state index is -4.64. The second-order valence-corrected chi connectivity index (χ2v) is 5.61. The first-order valence-electron chi connectivity index (χ1n) is 5.77. The Morgan fingerprint density at radius 3 is 2.29 bits per heavy atom. The summed E-state index contributed by atoms with van der Waals surface area (Å²) in [6.45, 7) is 3.36. The van der Waals surface area contributed by atoms with E-state index in [-0.39, 0.29) is 11.1 Å². The predicted molar refractivity (Wildman–Crippen MR) is 68.2 cm³/mol. The fourth-order valence-corrected chi connectivity index (χ4v) is 2.46. The van der Waals surface area contributed by atoms with Crippen LogP contribution in [0.15, 0.2) is 5.16 Å². The zero-order chi connectivity index (χ0) is 16.4. The number of carbonyl (C=O) groups is 2. The molecule has 0 saturated heterocycles. The van der Waals surface area contributed by atoms with Gasteiger partial charge in [0.2, 0.25) is 11.7 Å². The molecule has 0 aliphatic heterocycles. The summed E-state index contributed by atoms with van der Waals surface area (Å²) in [5.74, 6) is -2.12. The molecule has 1 aromatic rings. The van der Waals surface area contributed by atoms with E-state index in [1.54, 1.807) is 13.8 Å². The van der Waals surface area contributed by atoms with E-state index in [0.717, 1.165) is 23.4 Å². The molecule has 0 spiro atoms. The van der Waals surface area contributed by atoms with Gasteiger partial charge in [0.15, 0.2) is 5.16 Å². The molecule has 0 fully saturated rings. The molecule has 0 bridgehead atoms. The molecular formula is C10H14F3N5O2S. The molecule has 3 N–H and O–H groups in total. The first-order valence-corrected chi connectivity index (χ1v) is 6.65. The van der Waals surface area contributed by atoms with Crippen molar-refractivity contribution in [2.45, 2.75) is 30.4 Å². The maximum Gasteiger partial charge on any atom is 0.451 e. The fraction of sp³-hybridized carbons (Fsp3) is 0.600. The molecular weight excluding hydrogens is 311 g/mol. The van der Waals surface area contributed by atoms with E-state index in [4.69, 9.17) is 5.73 Å². The van der Waals surface area contributed by atoms with Crippen molar-refractivity contribution in [1.82, 2.24) is 20.1 Å². The molecule has 1 heterocycles. The summed E-state index contributed by atoms with van der Waals surface area (Å²) in [6.07, 6.45) is -4.64. The lowest BCUT2D eigenvalue weighted by Crippen LogP contribution is -2.42. The first-order chi connectivity index (χ1) is 9.54. The molecule has 1 unspecified atom stereocenters. The number of rotatable bonds is 4. The van der Waals surface area contributed by atoms with Gasteiger partial charge in [-0.1, -0.05) is 25.6 Å². The van der Waals surface area contributed by atoms with Crippen LogP contribution in [-0.2, 0) is 18.0 Å². The highest BCUT2D eigenvalue weighted by atomic mass is 32.2. The second kappa shape index (κ2) is 6.33. The van der Waals surface area contributed by atoms with E-state index >= 15 is 0 Å². The molecule has 3 amide bonds. The SMILES string of the molecule is CC(C)C(Sc1nnc(C(F)(F)F)n1C)C(=O)NC(N)=O. The van der Waals surface area contributed by atoms with Crippen molar-refractivity contribution in [3.63, 3.8) is 0 Å². The van der Waals surface area contributed by atoms with E-state index in [9.17, 15) is 22.8 Å². The Morgan fingerprint density at radius 2 is 1.90 bits per heavy atom. The van der Waals surface area contributed by atoms with E-state index in [2.05, 4.69) is 10.2 Å². The van der Waals surface area contributed by atoms with Crippen LogP contribution in [0.25, 0.3) is 0 Å². The lowest BCUT2D eigenvalue weighted by Gasteiger charge is -2.18. The number of hydrogen-bond acceptors (Lipinski definition) is 5. The van der Waals surface area contributed by atoms with E-state index in [1.807, 2.05) is 5.32 Å². The number of primary amides is 1. The molecule has 7 nitrogen and oxygen atoms in total. The van der Waals surface area contributed by atoms with Crippen LogP contribution in [-0.4, -0.2) is 32.0 Å². The Hall–Kier alpha value is -1.78. The Morgan fingerprint density at radius 1 is 1.33 bits per heavy atom. The quantitative estimate of drug-likeness (QED) is 0.808. The third-order valence-corrected chi connectivity index (χ3v) is 4.01. The number of thioether (sulfide) groups is 1. The molecule has 1 aromatic heterocycles. The molecule has 0 aromatic carbocycles. The number of nitrogens with two attached hydrogens (primary N) is 1. The van der Waals surface area contributed by atoms with E-state index in [1.165, 1.54) is 0 Å². The van der Waals surface area contributed by atoms with Gasteiger partial charge in [0.1, 0.15) is 0 Å². The summed E-state index contributed by atoms with van der Waals surface area (Å²) in [5.41, 5.74) is 4.85. The van der Waals surface area contributed by atoms with Crippen molar-refractivity contribution < 1.29 is 22.8 Å². The monoisotopic (exact) mass is 325 g/mol. The van der Waals surface area contributed by atoms with Gasteiger partial charge in [-0.2, -0.15) is 13.2 Å². The van der Waals surface area contributed by atoms with Gasteiger partial charge in [-0.05, 0) is 5.92 Å². The van der Waals surface area contributed by atoms with Gasteiger partial charge in [0, 0.05) is 7.05 Å². The number of carbonyl (C=O) groups excluding carboxylic acids is 2. The van der Waals surface area contributed by atoms with Crippen molar-refractivity contribution in [1.29, 1.82) is 0 Å². The van der Waals surface area contributed by atoms with Crippen molar-refractivity contribution in [3.05, 3.63) is 5.82 Å². The Labute approximate surface area is 122 Å². The maximum atomic E-state index is 12.6. The van der Waals surface area contributed by atoms with Gasteiger partial charge < -0.3 is 10.3 Å². The number of imide groups is 1. The smallest absolute Gasteiger partial charge is 0.351 e. The number of urea groups is 1. The van der Waals surface area contributed by atoms with Crippen LogP contribution in [0.5, 0.6) is 0 Å². The highest BCUT2D eigenvalue weighted by Crippen LogP contribution is 2.32. The third kappa shape index (κ3) is 4.34. The molecule has 0 aliphatic rings. The van der Waals surface area contributed by atoms with Crippen molar-refractivity contribution in [2.24, 2.45) is 18.7 Å². The average Bonchev–Trinajstić information content (AvgIpc) is 2.65. The molecule has 0 aliphatic carbocycles. The molecule has 1 atom stereocenters. The second-order valence-electron chi connectivity index (χ2n) is 4.50. The lowest BCUT2D eigenvalue weighted by atomic mass is 10.1. The van der Waals surface area contributed by atoms with Crippen LogP contribution in [0.2, 0.25) is 0 Å². The largest absolute Gasteiger partial charge is 0.451 e. The molecule has 1 rings (SSSR count). The van der Waals surface area contributed by atoms with Crippen LogP contribution in [0.4, 0.5) is 18.0 Å². The summed E-state index contributed by atoms with van der Waals surface area (Å²) in [4.78, 5) is 22.5. The van der Waals surface area contributed by atoms with Gasteiger partial charge in [-0.15, -0.1) is 10.2 Å². The summed E-state index contributed by atoms with van der Waals surface area (Å²) in [5, 5.41) is 7.47. The maximum absolute atomic E-state index is 12.6. The Bertz CT molecular complexity index is 543. The zero-order valence-electron chi connectivity index (χ0n) is 11.4. The number of nitrogens with zero attached hydrogens (tertiary/aromatic N) is 3. The van der Waals surface area contributed by atoms with E-state index in [0.29, 0.717) is 0 Å². The number of nitrogens with one attached hydrogen (secondary N) is 1. The average molecular weight is 325 g/mol. The first kappa shape index (κ1) is 17.3. The summed E-state index contributed by atoms with van der Waals surface area (Å²) < 4.78 is 38.6. The molecule has 0 saturated carbocycles. The molecule has 118 valence electrons. The highest BCUT2D eigenvalue weighted by molar-refractivity contribution is 8.00. The highest BCUT2D eigenvalue weighted by Gasteiger charge is 2.38. The van der Waals surface area contributed by atoms with Gasteiger partial charge in [0.25, 0.3) is 0 Å². The number of amides is 3. The van der Waals surface area contributed by atoms with Gasteiger partial charge >= 0.3 is 12.2 Å². The predicted octanol–water partition coefficient (Wildman–Crippen LogP) is 1.15. The molecule has 21 heavy (non-hydrogen) atoms. The third-order valence-electron chi connectivity index (χ3n) is 2.43. The standard InChI is InChI=1S/C10H14F3N5O2S/c1-4(2)5(6(19)15-8(14)20)21-9-17-16-7(18(9)3)10(11,12)13/h4-5H,1-3H3,(H3,14,15,19,20). The summed E-state index contributed by atoms with van der Waals surface area (Å²) in [7, 11) is 1.15. The molecule has 11 heteroatoms. The number of hydrogen-bond donors (Lipinski definition) is 2. The number of halogens is 3. The normalized spacial score (nSPS) is 13.3. The van der Waals surface area contributed by atoms with Crippen LogP contribution in [0.3, 0.4) is 0 Å².